The van der Waals surface area contributed by atoms with E-state index in [1.165, 1.54) is 0 Å². The average molecular weight is 420 g/mol. The minimum atomic E-state index is -0.0827. The van der Waals surface area contributed by atoms with Crippen molar-refractivity contribution in [3.63, 3.8) is 0 Å². The van der Waals surface area contributed by atoms with E-state index in [0.717, 1.165) is 50.6 Å². The molecule has 8 heteroatoms. The maximum Gasteiger partial charge on any atom is 0.239 e. The van der Waals surface area contributed by atoms with Crippen LogP contribution in [0, 0.1) is 5.92 Å². The van der Waals surface area contributed by atoms with Crippen LogP contribution in [0.1, 0.15) is 25.8 Å². The third kappa shape index (κ3) is 8.59. The smallest absolute Gasteiger partial charge is 0.239 e. The second-order valence-corrected chi connectivity index (χ2v) is 7.86. The first-order chi connectivity index (χ1) is 14.5. The van der Waals surface area contributed by atoms with Gasteiger partial charge in [-0.3, -0.25) is 14.7 Å². The van der Waals surface area contributed by atoms with Crippen LogP contribution in [0.15, 0.2) is 29.3 Å². The Labute approximate surface area is 180 Å². The maximum absolute atomic E-state index is 12.2. The highest BCUT2D eigenvalue weighted by molar-refractivity contribution is 5.86. The summed E-state index contributed by atoms with van der Waals surface area (Å²) in [6.45, 7) is 9.41. The van der Waals surface area contributed by atoms with Crippen LogP contribution in [0.4, 0.5) is 0 Å². The molecule has 0 aromatic heterocycles. The summed E-state index contributed by atoms with van der Waals surface area (Å²) in [6.07, 6.45) is 1.10. The van der Waals surface area contributed by atoms with Crippen LogP contribution in [-0.4, -0.2) is 76.4 Å². The molecule has 1 atom stereocenters. The maximum atomic E-state index is 12.2. The molecule has 1 heterocycles. The number of ether oxygens (including phenoxy) is 2. The van der Waals surface area contributed by atoms with Crippen molar-refractivity contribution in [2.24, 2.45) is 10.9 Å². The Morgan fingerprint density at radius 2 is 1.87 bits per heavy atom. The predicted octanol–water partition coefficient (Wildman–Crippen LogP) is 1.22. The Balaban J connectivity index is 1.74. The Kier molecular flexibility index (Phi) is 10.4. The van der Waals surface area contributed by atoms with Crippen molar-refractivity contribution in [2.75, 3.05) is 53.6 Å². The number of amides is 1. The number of carbonyl (C=O) groups is 1. The Morgan fingerprint density at radius 1 is 1.17 bits per heavy atom. The van der Waals surface area contributed by atoms with E-state index in [-0.39, 0.29) is 12.5 Å². The summed E-state index contributed by atoms with van der Waals surface area (Å²) in [5, 5.41) is 9.39. The molecule has 0 spiro atoms. The number of morpholine rings is 1. The molecular formula is C22H37N5O3. The van der Waals surface area contributed by atoms with Crippen molar-refractivity contribution >= 4 is 11.9 Å². The molecule has 1 amide bonds. The third-order valence-electron chi connectivity index (χ3n) is 5.10. The van der Waals surface area contributed by atoms with Crippen LogP contribution < -0.4 is 20.7 Å². The molecule has 0 saturated carbocycles. The second kappa shape index (κ2) is 13.1. The summed E-state index contributed by atoms with van der Waals surface area (Å²) >= 11 is 0. The molecule has 0 aliphatic carbocycles. The fraction of sp³-hybridized carbons (Fsp3) is 0.636. The third-order valence-corrected chi connectivity index (χ3v) is 5.10. The average Bonchev–Trinajstić information content (AvgIpc) is 2.77. The molecule has 1 unspecified atom stereocenters. The molecule has 30 heavy (non-hydrogen) atoms. The zero-order valence-electron chi connectivity index (χ0n) is 18.7. The van der Waals surface area contributed by atoms with Crippen LogP contribution in [0.2, 0.25) is 0 Å². The molecule has 1 aromatic rings. The highest BCUT2D eigenvalue weighted by Crippen LogP contribution is 2.13. The van der Waals surface area contributed by atoms with Gasteiger partial charge in [0.15, 0.2) is 5.96 Å². The summed E-state index contributed by atoms with van der Waals surface area (Å²) < 4.78 is 10.6. The van der Waals surface area contributed by atoms with Gasteiger partial charge < -0.3 is 25.4 Å². The van der Waals surface area contributed by atoms with Gasteiger partial charge in [-0.1, -0.05) is 26.0 Å². The molecule has 1 aromatic carbocycles. The van der Waals surface area contributed by atoms with Gasteiger partial charge >= 0.3 is 0 Å². The highest BCUT2D eigenvalue weighted by atomic mass is 16.5. The van der Waals surface area contributed by atoms with Crippen molar-refractivity contribution in [3.8, 4) is 5.75 Å². The van der Waals surface area contributed by atoms with Crippen molar-refractivity contribution in [3.05, 3.63) is 29.8 Å². The van der Waals surface area contributed by atoms with E-state index in [2.05, 4.69) is 39.7 Å². The Bertz CT molecular complexity index is 657. The van der Waals surface area contributed by atoms with Gasteiger partial charge in [0.05, 0.1) is 26.9 Å². The molecular weight excluding hydrogens is 382 g/mol. The van der Waals surface area contributed by atoms with Gasteiger partial charge in [0.25, 0.3) is 0 Å². The number of aliphatic imine (C=N–C) groups is 1. The van der Waals surface area contributed by atoms with E-state index in [0.29, 0.717) is 24.5 Å². The number of hydrogen-bond acceptors (Lipinski definition) is 5. The number of methoxy groups -OCH3 is 1. The number of rotatable bonds is 10. The normalized spacial score (nSPS) is 16.2. The molecule has 1 saturated heterocycles. The lowest BCUT2D eigenvalue weighted by atomic mass is 10.0. The summed E-state index contributed by atoms with van der Waals surface area (Å²) in [5.41, 5.74) is 1.02. The monoisotopic (exact) mass is 419 g/mol. The highest BCUT2D eigenvalue weighted by Gasteiger charge is 2.22. The molecule has 0 radical (unpaired) electrons. The minimum absolute atomic E-state index is 0.0827. The summed E-state index contributed by atoms with van der Waals surface area (Å²) in [5.74, 6) is 1.96. The molecule has 168 valence electrons. The van der Waals surface area contributed by atoms with E-state index in [4.69, 9.17) is 9.47 Å². The van der Waals surface area contributed by atoms with E-state index < -0.39 is 0 Å². The predicted molar refractivity (Wildman–Crippen MR) is 120 cm³/mol. The quantitative estimate of drug-likeness (QED) is 0.391. The van der Waals surface area contributed by atoms with Gasteiger partial charge in [0, 0.05) is 39.3 Å². The zero-order chi connectivity index (χ0) is 21.8. The molecule has 1 aliphatic rings. The van der Waals surface area contributed by atoms with Crippen molar-refractivity contribution in [2.45, 2.75) is 32.9 Å². The van der Waals surface area contributed by atoms with Gasteiger partial charge in [0.1, 0.15) is 5.75 Å². The molecule has 0 bridgehead atoms. The number of benzene rings is 1. The SMILES string of the molecule is CN=C(NCC(=O)NCc1ccc(OC)cc1)NCC(CC(C)C)N1CCOCC1. The first-order valence-electron chi connectivity index (χ1n) is 10.7. The Morgan fingerprint density at radius 3 is 2.47 bits per heavy atom. The van der Waals surface area contributed by atoms with Gasteiger partial charge in [-0.25, -0.2) is 0 Å². The van der Waals surface area contributed by atoms with Crippen LogP contribution in [0.5, 0.6) is 5.75 Å². The number of hydrogen-bond donors (Lipinski definition) is 3. The summed E-state index contributed by atoms with van der Waals surface area (Å²) in [6, 6.07) is 8.05. The van der Waals surface area contributed by atoms with Gasteiger partial charge in [-0.05, 0) is 30.0 Å². The number of guanidine groups is 1. The first-order valence-corrected chi connectivity index (χ1v) is 10.7. The zero-order valence-corrected chi connectivity index (χ0v) is 18.7. The Hall–Kier alpha value is -2.32. The first kappa shape index (κ1) is 24.0. The van der Waals surface area contributed by atoms with Crippen LogP contribution in [0.3, 0.4) is 0 Å². The minimum Gasteiger partial charge on any atom is -0.497 e. The van der Waals surface area contributed by atoms with E-state index in [1.54, 1.807) is 14.2 Å². The van der Waals surface area contributed by atoms with Gasteiger partial charge in [-0.15, -0.1) is 0 Å². The lowest BCUT2D eigenvalue weighted by molar-refractivity contribution is -0.120. The largest absolute Gasteiger partial charge is 0.497 e. The number of carbonyl (C=O) groups excluding carboxylic acids is 1. The second-order valence-electron chi connectivity index (χ2n) is 7.86. The van der Waals surface area contributed by atoms with Crippen LogP contribution in [0.25, 0.3) is 0 Å². The van der Waals surface area contributed by atoms with Crippen molar-refractivity contribution < 1.29 is 14.3 Å². The van der Waals surface area contributed by atoms with Gasteiger partial charge in [-0.2, -0.15) is 0 Å². The fourth-order valence-corrected chi connectivity index (χ4v) is 3.45. The molecule has 1 fully saturated rings. The fourth-order valence-electron chi connectivity index (χ4n) is 3.45. The topological polar surface area (TPSA) is 87.2 Å². The number of nitrogens with zero attached hydrogens (tertiary/aromatic N) is 2. The molecule has 2 rings (SSSR count). The summed E-state index contributed by atoms with van der Waals surface area (Å²) in [4.78, 5) is 18.9. The summed E-state index contributed by atoms with van der Waals surface area (Å²) in [7, 11) is 3.35. The van der Waals surface area contributed by atoms with Crippen LogP contribution in [-0.2, 0) is 16.1 Å². The molecule has 8 nitrogen and oxygen atoms in total. The van der Waals surface area contributed by atoms with E-state index >= 15 is 0 Å². The molecule has 3 N–H and O–H groups in total. The van der Waals surface area contributed by atoms with Crippen molar-refractivity contribution in [1.82, 2.24) is 20.9 Å². The van der Waals surface area contributed by atoms with E-state index in [9.17, 15) is 4.79 Å². The standard InChI is InChI=1S/C22H37N5O3/c1-17(2)13-19(27-9-11-30-12-10-27)15-25-22(23-3)26-16-21(28)24-14-18-5-7-20(29-4)8-6-18/h5-8,17,19H,9-16H2,1-4H3,(H,24,28)(H2,23,25,26). The number of nitrogens with one attached hydrogen (secondary N) is 3. The van der Waals surface area contributed by atoms with Gasteiger partial charge in [0.2, 0.25) is 5.91 Å². The van der Waals surface area contributed by atoms with Crippen molar-refractivity contribution in [1.29, 1.82) is 0 Å². The lowest BCUT2D eigenvalue weighted by Crippen LogP contribution is -2.51. The lowest BCUT2D eigenvalue weighted by Gasteiger charge is -2.35. The van der Waals surface area contributed by atoms with E-state index in [1.807, 2.05) is 24.3 Å². The molecule has 1 aliphatic heterocycles. The van der Waals surface area contributed by atoms with Crippen LogP contribution >= 0.6 is 0 Å².